The number of fused-ring (bicyclic) bond motifs is 2. The highest BCUT2D eigenvalue weighted by molar-refractivity contribution is 6.07. The molecule has 124 valence electrons. The van der Waals surface area contributed by atoms with Gasteiger partial charge in [-0.15, -0.1) is 0 Å². The first-order chi connectivity index (χ1) is 12.1. The number of aryl methyl sites for hydroxylation is 1. The zero-order valence-corrected chi connectivity index (χ0v) is 13.7. The maximum Gasteiger partial charge on any atom is 0.336 e. The van der Waals surface area contributed by atoms with Gasteiger partial charge in [-0.1, -0.05) is 24.3 Å². The summed E-state index contributed by atoms with van der Waals surface area (Å²) in [6.07, 6.45) is 0. The highest BCUT2D eigenvalue weighted by Gasteiger charge is 2.19. The highest BCUT2D eigenvalue weighted by atomic mass is 16.5. The second-order valence-corrected chi connectivity index (χ2v) is 5.82. The van der Waals surface area contributed by atoms with Crippen molar-refractivity contribution in [3.8, 4) is 17.2 Å². The Labute approximate surface area is 143 Å². The van der Waals surface area contributed by atoms with Crippen LogP contribution < -0.4 is 4.74 Å². The van der Waals surface area contributed by atoms with E-state index in [-0.39, 0.29) is 5.56 Å². The molecule has 0 radical (unpaired) electrons. The predicted octanol–water partition coefficient (Wildman–Crippen LogP) is 4.66. The van der Waals surface area contributed by atoms with E-state index in [1.807, 2.05) is 43.3 Å². The van der Waals surface area contributed by atoms with Gasteiger partial charge in [0.15, 0.2) is 5.76 Å². The first kappa shape index (κ1) is 15.2. The molecule has 0 aliphatic rings. The third kappa shape index (κ3) is 2.41. The summed E-state index contributed by atoms with van der Waals surface area (Å²) in [5, 5.41) is 11.1. The minimum atomic E-state index is -1.03. The molecule has 1 N–H and O–H groups in total. The number of para-hydroxylation sites is 1. The normalized spacial score (nSPS) is 11.1. The van der Waals surface area contributed by atoms with E-state index >= 15 is 0 Å². The molecule has 2 aromatic heterocycles. The van der Waals surface area contributed by atoms with Crippen LogP contribution in [0.5, 0.6) is 5.75 Å². The molecule has 0 atom stereocenters. The minimum absolute atomic E-state index is 0.140. The van der Waals surface area contributed by atoms with Gasteiger partial charge in [-0.05, 0) is 36.8 Å². The average Bonchev–Trinajstić information content (AvgIpc) is 3.05. The summed E-state index contributed by atoms with van der Waals surface area (Å²) in [6, 6.07) is 14.6. The van der Waals surface area contributed by atoms with Crippen molar-refractivity contribution in [1.82, 2.24) is 4.98 Å². The molecular weight excluding hydrogens is 318 g/mol. The maximum absolute atomic E-state index is 11.8. The number of pyridine rings is 1. The van der Waals surface area contributed by atoms with Crippen LogP contribution in [-0.4, -0.2) is 23.2 Å². The summed E-state index contributed by atoms with van der Waals surface area (Å²) in [7, 11) is 1.52. The molecule has 2 heterocycles. The number of carbonyl (C=O) groups is 1. The SMILES string of the molecule is COc1ccc(C)c2nc(-c3cc4ccccc4o3)cc(C(=O)O)c12. The van der Waals surface area contributed by atoms with E-state index < -0.39 is 5.97 Å². The van der Waals surface area contributed by atoms with Crippen LogP contribution in [-0.2, 0) is 0 Å². The summed E-state index contributed by atoms with van der Waals surface area (Å²) < 4.78 is 11.2. The van der Waals surface area contributed by atoms with Crippen LogP contribution in [0.2, 0.25) is 0 Å². The Morgan fingerprint density at radius 3 is 2.68 bits per heavy atom. The fraction of sp³-hybridized carbons (Fsp3) is 0.100. The Balaban J connectivity index is 2.05. The molecule has 25 heavy (non-hydrogen) atoms. The van der Waals surface area contributed by atoms with E-state index in [9.17, 15) is 9.90 Å². The van der Waals surface area contributed by atoms with Gasteiger partial charge in [0.25, 0.3) is 0 Å². The lowest BCUT2D eigenvalue weighted by Gasteiger charge is -2.11. The molecule has 0 amide bonds. The van der Waals surface area contributed by atoms with Gasteiger partial charge in [0.05, 0.1) is 23.6 Å². The van der Waals surface area contributed by atoms with Gasteiger partial charge in [0.1, 0.15) is 17.0 Å². The summed E-state index contributed by atoms with van der Waals surface area (Å²) in [5.41, 5.74) is 2.82. The van der Waals surface area contributed by atoms with Crippen molar-refractivity contribution in [2.75, 3.05) is 7.11 Å². The lowest BCUT2D eigenvalue weighted by molar-refractivity contribution is 0.0699. The molecule has 0 saturated carbocycles. The van der Waals surface area contributed by atoms with E-state index in [1.54, 1.807) is 6.07 Å². The Morgan fingerprint density at radius 2 is 1.96 bits per heavy atom. The minimum Gasteiger partial charge on any atom is -0.496 e. The molecular formula is C20H15NO4. The topological polar surface area (TPSA) is 72.6 Å². The average molecular weight is 333 g/mol. The number of aromatic nitrogens is 1. The lowest BCUT2D eigenvalue weighted by Crippen LogP contribution is -2.02. The number of furan rings is 1. The number of ether oxygens (including phenoxy) is 1. The van der Waals surface area contributed by atoms with Gasteiger partial charge in [-0.2, -0.15) is 0 Å². The van der Waals surface area contributed by atoms with Crippen molar-refractivity contribution in [2.24, 2.45) is 0 Å². The van der Waals surface area contributed by atoms with E-state index in [0.29, 0.717) is 28.1 Å². The molecule has 4 rings (SSSR count). The third-order valence-electron chi connectivity index (χ3n) is 4.25. The van der Waals surface area contributed by atoms with Crippen molar-refractivity contribution in [2.45, 2.75) is 6.92 Å². The van der Waals surface area contributed by atoms with Gasteiger partial charge in [0.2, 0.25) is 0 Å². The summed E-state index contributed by atoms with van der Waals surface area (Å²) in [5.74, 6) is -0.0110. The number of benzene rings is 2. The van der Waals surface area contributed by atoms with Gasteiger partial charge in [0, 0.05) is 5.39 Å². The fourth-order valence-corrected chi connectivity index (χ4v) is 3.02. The summed E-state index contributed by atoms with van der Waals surface area (Å²) in [4.78, 5) is 16.5. The van der Waals surface area contributed by atoms with Gasteiger partial charge < -0.3 is 14.3 Å². The molecule has 5 heteroatoms. The van der Waals surface area contributed by atoms with Crippen LogP contribution in [0.4, 0.5) is 0 Å². The molecule has 0 saturated heterocycles. The van der Waals surface area contributed by atoms with Crippen molar-refractivity contribution >= 4 is 27.8 Å². The van der Waals surface area contributed by atoms with Crippen molar-refractivity contribution in [1.29, 1.82) is 0 Å². The number of rotatable bonds is 3. The molecule has 4 aromatic rings. The second kappa shape index (κ2) is 5.63. The van der Waals surface area contributed by atoms with E-state index in [1.165, 1.54) is 13.2 Å². The molecule has 0 aliphatic carbocycles. The Morgan fingerprint density at radius 1 is 1.16 bits per heavy atom. The van der Waals surface area contributed by atoms with Gasteiger partial charge >= 0.3 is 5.97 Å². The molecule has 0 fully saturated rings. The summed E-state index contributed by atoms with van der Waals surface area (Å²) >= 11 is 0. The van der Waals surface area contributed by atoms with E-state index in [4.69, 9.17) is 9.15 Å². The number of hydrogen-bond donors (Lipinski definition) is 1. The number of methoxy groups -OCH3 is 1. The van der Waals surface area contributed by atoms with Crippen LogP contribution in [0.15, 0.2) is 52.9 Å². The quantitative estimate of drug-likeness (QED) is 0.590. The van der Waals surface area contributed by atoms with Gasteiger partial charge in [-0.25, -0.2) is 9.78 Å². The maximum atomic E-state index is 11.8. The van der Waals surface area contributed by atoms with Crippen molar-refractivity contribution < 1.29 is 19.1 Å². The van der Waals surface area contributed by atoms with Crippen molar-refractivity contribution in [3.05, 3.63) is 59.7 Å². The van der Waals surface area contributed by atoms with Crippen LogP contribution in [0.25, 0.3) is 33.3 Å². The zero-order valence-electron chi connectivity index (χ0n) is 13.7. The third-order valence-corrected chi connectivity index (χ3v) is 4.25. The Bertz CT molecular complexity index is 1090. The summed E-state index contributed by atoms with van der Waals surface area (Å²) in [6.45, 7) is 1.89. The fourth-order valence-electron chi connectivity index (χ4n) is 3.02. The number of aromatic carboxylic acids is 1. The Hall–Kier alpha value is -3.34. The van der Waals surface area contributed by atoms with Crippen molar-refractivity contribution in [3.63, 3.8) is 0 Å². The number of carboxylic acids is 1. The van der Waals surface area contributed by atoms with Crippen LogP contribution in [0.1, 0.15) is 15.9 Å². The molecule has 0 bridgehead atoms. The molecule has 2 aromatic carbocycles. The molecule has 5 nitrogen and oxygen atoms in total. The monoisotopic (exact) mass is 333 g/mol. The molecule has 0 unspecified atom stereocenters. The number of nitrogens with zero attached hydrogens (tertiary/aromatic N) is 1. The molecule has 0 spiro atoms. The molecule has 0 aliphatic heterocycles. The van der Waals surface area contributed by atoms with E-state index in [2.05, 4.69) is 4.98 Å². The lowest BCUT2D eigenvalue weighted by atomic mass is 10.0. The van der Waals surface area contributed by atoms with Crippen LogP contribution in [0, 0.1) is 6.92 Å². The van der Waals surface area contributed by atoms with Crippen LogP contribution in [0.3, 0.4) is 0 Å². The highest BCUT2D eigenvalue weighted by Crippen LogP contribution is 2.34. The zero-order chi connectivity index (χ0) is 17.6. The first-order valence-corrected chi connectivity index (χ1v) is 7.79. The van der Waals surface area contributed by atoms with Gasteiger partial charge in [-0.3, -0.25) is 0 Å². The standard InChI is InChI=1S/C20H15NO4/c1-11-7-8-16(24-2)18-13(20(22)23)10-14(21-19(11)18)17-9-12-5-3-4-6-15(12)25-17/h3-10H,1-2H3,(H,22,23). The smallest absolute Gasteiger partial charge is 0.336 e. The first-order valence-electron chi connectivity index (χ1n) is 7.79. The predicted molar refractivity (Wildman–Crippen MR) is 95.2 cm³/mol. The number of carboxylic acid groups (broad SMARTS) is 1. The van der Waals surface area contributed by atoms with E-state index in [0.717, 1.165) is 16.5 Å². The van der Waals surface area contributed by atoms with Crippen LogP contribution >= 0.6 is 0 Å². The Kier molecular flexibility index (Phi) is 3.42. The number of hydrogen-bond acceptors (Lipinski definition) is 4. The largest absolute Gasteiger partial charge is 0.496 e. The second-order valence-electron chi connectivity index (χ2n) is 5.82.